The van der Waals surface area contributed by atoms with Crippen molar-refractivity contribution >= 4 is 35.8 Å². The number of primary amides is 1. The minimum absolute atomic E-state index is 0.403. The normalized spacial score (nSPS) is 17.1. The smallest absolute Gasteiger partial charge is 0.248 e. The first-order valence-corrected chi connectivity index (χ1v) is 15.2. The van der Waals surface area contributed by atoms with Crippen molar-refractivity contribution in [2.75, 3.05) is 30.3 Å². The molecule has 0 saturated heterocycles. The number of carbonyl (C=O) groups is 1. The zero-order valence-electron chi connectivity index (χ0n) is 23.1. The molecule has 38 heavy (non-hydrogen) atoms. The van der Waals surface area contributed by atoms with E-state index in [-0.39, 0.29) is 0 Å². The Morgan fingerprint density at radius 2 is 2.03 bits per heavy atom. The van der Waals surface area contributed by atoms with E-state index in [0.29, 0.717) is 29.9 Å². The molecule has 1 unspecified atom stereocenters. The third kappa shape index (κ3) is 9.89. The molecule has 208 valence electrons. The Balaban J connectivity index is 1.68. The van der Waals surface area contributed by atoms with Crippen LogP contribution in [0.25, 0.3) is 0 Å². The fraction of sp³-hybridized carbons (Fsp3) is 0.531. The third-order valence-electron chi connectivity index (χ3n) is 7.49. The molecule has 0 saturated carbocycles. The second-order valence-electron chi connectivity index (χ2n) is 10.9. The van der Waals surface area contributed by atoms with Gasteiger partial charge in [0.1, 0.15) is 5.75 Å². The largest absolute Gasteiger partial charge is 0.491 e. The summed E-state index contributed by atoms with van der Waals surface area (Å²) in [5, 5.41) is 0.792. The van der Waals surface area contributed by atoms with E-state index < -0.39 is 5.91 Å². The van der Waals surface area contributed by atoms with E-state index in [1.54, 1.807) is 6.07 Å². The zero-order chi connectivity index (χ0) is 27.3. The summed E-state index contributed by atoms with van der Waals surface area (Å²) >= 11 is 10.6. The van der Waals surface area contributed by atoms with Crippen molar-refractivity contribution in [1.29, 1.82) is 0 Å². The second-order valence-corrected chi connectivity index (χ2v) is 11.7. The summed E-state index contributed by atoms with van der Waals surface area (Å²) in [6.45, 7) is 7.04. The lowest BCUT2D eigenvalue weighted by Gasteiger charge is -2.28. The van der Waals surface area contributed by atoms with Gasteiger partial charge in [-0.25, -0.2) is 0 Å². The van der Waals surface area contributed by atoms with Gasteiger partial charge in [0.25, 0.3) is 0 Å². The molecule has 0 bridgehead atoms. The van der Waals surface area contributed by atoms with E-state index >= 15 is 0 Å². The average Bonchev–Trinajstić information content (AvgIpc) is 3.08. The predicted molar refractivity (Wildman–Crippen MR) is 165 cm³/mol. The van der Waals surface area contributed by atoms with Gasteiger partial charge in [-0.05, 0) is 92.0 Å². The maximum absolute atomic E-state index is 12.0. The fourth-order valence-electron chi connectivity index (χ4n) is 5.20. The van der Waals surface area contributed by atoms with Crippen molar-refractivity contribution in [3.8, 4) is 5.75 Å². The minimum atomic E-state index is -0.403. The lowest BCUT2D eigenvalue weighted by atomic mass is 9.94. The highest BCUT2D eigenvalue weighted by atomic mass is 35.5. The van der Waals surface area contributed by atoms with Crippen LogP contribution < -0.4 is 15.4 Å². The molecular weight excluding hydrogens is 512 g/mol. The SMILES string of the molecule is CCC[C@@H](C/C=C/C[C@H](C)CS)CCN1CC(CCCc2cccc(Cl)c2)COc2ccc(C(N)=O)cc21. The van der Waals surface area contributed by atoms with Gasteiger partial charge in [-0.15, -0.1) is 0 Å². The molecule has 2 N–H and O–H groups in total. The number of nitrogens with two attached hydrogens (primary N) is 1. The number of allylic oxidation sites excluding steroid dienone is 2. The van der Waals surface area contributed by atoms with Gasteiger partial charge >= 0.3 is 0 Å². The first kappa shape index (κ1) is 30.4. The summed E-state index contributed by atoms with van der Waals surface area (Å²) in [6.07, 6.45) is 13.6. The Labute approximate surface area is 240 Å². The van der Waals surface area contributed by atoms with Gasteiger partial charge < -0.3 is 15.4 Å². The number of benzene rings is 2. The molecular formula is C32H45ClN2O2S. The predicted octanol–water partition coefficient (Wildman–Crippen LogP) is 7.99. The van der Waals surface area contributed by atoms with E-state index in [0.717, 1.165) is 73.8 Å². The number of aryl methyl sites for hydroxylation is 1. The summed E-state index contributed by atoms with van der Waals surface area (Å²) in [6, 6.07) is 13.7. The number of hydrogen-bond donors (Lipinski definition) is 2. The molecule has 2 aromatic carbocycles. The summed E-state index contributed by atoms with van der Waals surface area (Å²) in [5.74, 6) is 3.02. The Bertz CT molecular complexity index is 1040. The Kier molecular flexibility index (Phi) is 12.9. The van der Waals surface area contributed by atoms with Crippen LogP contribution in [-0.2, 0) is 6.42 Å². The third-order valence-corrected chi connectivity index (χ3v) is 8.35. The number of hydrogen-bond acceptors (Lipinski definition) is 4. The molecule has 1 aliphatic rings. The number of amides is 1. The molecule has 0 aromatic heterocycles. The molecule has 2 aromatic rings. The van der Waals surface area contributed by atoms with Crippen LogP contribution in [0.4, 0.5) is 5.69 Å². The van der Waals surface area contributed by atoms with Crippen LogP contribution in [0.15, 0.2) is 54.6 Å². The molecule has 0 aliphatic carbocycles. The number of thiol groups is 1. The first-order chi connectivity index (χ1) is 18.4. The zero-order valence-corrected chi connectivity index (χ0v) is 24.7. The number of carbonyl (C=O) groups excluding carboxylic acids is 1. The fourth-order valence-corrected chi connectivity index (χ4v) is 5.56. The Morgan fingerprint density at radius 1 is 1.21 bits per heavy atom. The molecule has 6 heteroatoms. The highest BCUT2D eigenvalue weighted by Gasteiger charge is 2.24. The van der Waals surface area contributed by atoms with Crippen LogP contribution in [0.2, 0.25) is 5.02 Å². The van der Waals surface area contributed by atoms with E-state index in [1.807, 2.05) is 24.3 Å². The van der Waals surface area contributed by atoms with E-state index in [2.05, 4.69) is 55.7 Å². The van der Waals surface area contributed by atoms with Crippen LogP contribution in [0.5, 0.6) is 5.75 Å². The Morgan fingerprint density at radius 3 is 2.76 bits per heavy atom. The topological polar surface area (TPSA) is 55.6 Å². The molecule has 0 radical (unpaired) electrons. The molecule has 1 aliphatic heterocycles. The molecule has 0 spiro atoms. The minimum Gasteiger partial charge on any atom is -0.491 e. The van der Waals surface area contributed by atoms with Crippen molar-refractivity contribution in [1.82, 2.24) is 0 Å². The first-order valence-electron chi connectivity index (χ1n) is 14.2. The van der Waals surface area contributed by atoms with Crippen LogP contribution in [0.1, 0.15) is 74.7 Å². The highest BCUT2D eigenvalue weighted by molar-refractivity contribution is 7.80. The van der Waals surface area contributed by atoms with Gasteiger partial charge in [0.15, 0.2) is 0 Å². The maximum atomic E-state index is 12.0. The molecule has 3 atom stereocenters. The number of halogens is 1. The molecule has 4 nitrogen and oxygen atoms in total. The summed E-state index contributed by atoms with van der Waals surface area (Å²) in [7, 11) is 0. The van der Waals surface area contributed by atoms with Crippen molar-refractivity contribution in [3.63, 3.8) is 0 Å². The number of ether oxygens (including phenoxy) is 1. The van der Waals surface area contributed by atoms with Crippen LogP contribution in [0, 0.1) is 17.8 Å². The van der Waals surface area contributed by atoms with Gasteiger partial charge in [0.05, 0.1) is 12.3 Å². The van der Waals surface area contributed by atoms with Gasteiger partial charge in [0, 0.05) is 29.6 Å². The summed E-state index contributed by atoms with van der Waals surface area (Å²) < 4.78 is 6.28. The monoisotopic (exact) mass is 556 g/mol. The van der Waals surface area contributed by atoms with Crippen molar-refractivity contribution in [2.45, 2.75) is 65.2 Å². The highest BCUT2D eigenvalue weighted by Crippen LogP contribution is 2.35. The van der Waals surface area contributed by atoms with Gasteiger partial charge in [-0.3, -0.25) is 4.79 Å². The van der Waals surface area contributed by atoms with Gasteiger partial charge in [-0.1, -0.05) is 62.6 Å². The van der Waals surface area contributed by atoms with Crippen molar-refractivity contribution < 1.29 is 9.53 Å². The number of fused-ring (bicyclic) bond motifs is 1. The second kappa shape index (κ2) is 16.1. The van der Waals surface area contributed by atoms with E-state index in [1.165, 1.54) is 18.4 Å². The lowest BCUT2D eigenvalue weighted by Crippen LogP contribution is -2.32. The number of rotatable bonds is 15. The van der Waals surface area contributed by atoms with Gasteiger partial charge in [0.2, 0.25) is 5.91 Å². The number of anilines is 1. The van der Waals surface area contributed by atoms with Crippen LogP contribution in [-0.4, -0.2) is 31.4 Å². The standard InChI is InChI=1S/C32H45ClN2O2S/c1-3-8-25(10-5-4-9-24(2)23-38)17-18-35-21-27(13-6-11-26-12-7-14-29(33)19-26)22-37-31-16-15-28(32(34)36)20-30(31)35/h4-5,7,12,14-16,19-20,24-25,27,38H,3,6,8-11,13,17-18,21-23H2,1-2H3,(H2,34,36)/b5-4+/t24-,25-,27?/m0/s1. The number of nitrogens with zero attached hydrogens (tertiary/aromatic N) is 1. The molecule has 0 fully saturated rings. The van der Waals surface area contributed by atoms with Crippen molar-refractivity contribution in [2.24, 2.45) is 23.5 Å². The van der Waals surface area contributed by atoms with E-state index in [9.17, 15) is 4.79 Å². The lowest BCUT2D eigenvalue weighted by molar-refractivity contribution is 0.100. The van der Waals surface area contributed by atoms with E-state index in [4.69, 9.17) is 22.1 Å². The maximum Gasteiger partial charge on any atom is 0.248 e. The average molecular weight is 557 g/mol. The van der Waals surface area contributed by atoms with Crippen molar-refractivity contribution in [3.05, 3.63) is 70.8 Å². The van der Waals surface area contributed by atoms with Crippen LogP contribution >= 0.6 is 24.2 Å². The van der Waals surface area contributed by atoms with Gasteiger partial charge in [-0.2, -0.15) is 12.6 Å². The molecule has 3 rings (SSSR count). The molecule has 1 heterocycles. The Hall–Kier alpha value is -2.11. The van der Waals surface area contributed by atoms with Crippen LogP contribution in [0.3, 0.4) is 0 Å². The molecule has 1 amide bonds. The quantitative estimate of drug-likeness (QED) is 0.173. The summed E-state index contributed by atoms with van der Waals surface area (Å²) in [5.41, 5.74) is 8.43. The summed E-state index contributed by atoms with van der Waals surface area (Å²) in [4.78, 5) is 14.4.